The van der Waals surface area contributed by atoms with Crippen molar-refractivity contribution in [1.82, 2.24) is 0 Å². The van der Waals surface area contributed by atoms with Crippen molar-refractivity contribution in [2.75, 3.05) is 22.9 Å². The van der Waals surface area contributed by atoms with Crippen LogP contribution < -0.4 is 9.80 Å². The van der Waals surface area contributed by atoms with Gasteiger partial charge >= 0.3 is 0 Å². The molecule has 0 aliphatic carbocycles. The van der Waals surface area contributed by atoms with E-state index in [0.717, 1.165) is 23.4 Å². The largest absolute Gasteiger partial charge is 0.380 e. The maximum absolute atomic E-state index is 12.0. The Kier molecular flexibility index (Phi) is 3.88. The van der Waals surface area contributed by atoms with Gasteiger partial charge in [0.15, 0.2) is 5.72 Å². The van der Waals surface area contributed by atoms with Crippen molar-refractivity contribution in [3.05, 3.63) is 85.0 Å². The van der Waals surface area contributed by atoms with Crippen LogP contribution in [0.15, 0.2) is 73.8 Å². The average molecular weight is 403 g/mol. The summed E-state index contributed by atoms with van der Waals surface area (Å²) in [6.45, 7) is 15.6. The van der Waals surface area contributed by atoms with Crippen LogP contribution in [0.5, 0.6) is 0 Å². The summed E-state index contributed by atoms with van der Waals surface area (Å²) in [6.07, 6.45) is 4.48. The third kappa shape index (κ3) is 1.99. The average Bonchev–Trinajstić information content (AvgIpc) is 3.16. The van der Waals surface area contributed by atoms with Gasteiger partial charge < -0.3 is 19.6 Å². The molecular formula is C26H30N2O2. The Morgan fingerprint density at radius 1 is 0.900 bits per heavy atom. The van der Waals surface area contributed by atoms with Gasteiger partial charge in [-0.05, 0) is 32.9 Å². The van der Waals surface area contributed by atoms with Gasteiger partial charge in [0, 0.05) is 42.0 Å². The number of ether oxygens (including phenoxy) is 1. The molecule has 3 aliphatic heterocycles. The second-order valence-electron chi connectivity index (χ2n) is 9.28. The molecule has 0 unspecified atom stereocenters. The Morgan fingerprint density at radius 2 is 1.43 bits per heavy atom. The zero-order valence-electron chi connectivity index (χ0n) is 18.1. The molecule has 4 heteroatoms. The summed E-state index contributed by atoms with van der Waals surface area (Å²) in [7, 11) is 0. The minimum Gasteiger partial charge on any atom is -0.380 e. The zero-order chi connectivity index (χ0) is 21.4. The fourth-order valence-corrected chi connectivity index (χ4v) is 6.21. The summed E-state index contributed by atoms with van der Waals surface area (Å²) in [5, 5.41) is 12.0. The topological polar surface area (TPSA) is 35.9 Å². The lowest BCUT2D eigenvalue weighted by Gasteiger charge is -2.45. The van der Waals surface area contributed by atoms with Crippen LogP contribution in [0.2, 0.25) is 0 Å². The van der Waals surface area contributed by atoms with Crippen molar-refractivity contribution in [2.45, 2.75) is 49.7 Å². The molecule has 0 saturated carbocycles. The summed E-state index contributed by atoms with van der Waals surface area (Å²) in [6, 6.07) is 16.5. The molecule has 1 saturated heterocycles. The molecule has 4 nitrogen and oxygen atoms in total. The molecule has 1 fully saturated rings. The smallest absolute Gasteiger partial charge is 0.178 e. The highest BCUT2D eigenvalue weighted by atomic mass is 16.6. The number of aliphatic hydroxyl groups is 1. The second-order valence-corrected chi connectivity index (χ2v) is 9.28. The quantitative estimate of drug-likeness (QED) is 0.752. The first-order valence-corrected chi connectivity index (χ1v) is 10.7. The number of anilines is 2. The molecule has 0 aromatic heterocycles. The standard InChI is InChI=1S/C26H30N2O2/c1-6-16-27-22-15-11-9-13-20(22)25(5)23(27,3)18-26(30-25)24(4,29)19-12-8-10-14-21(19)28(26)17-7-2/h6-15,29H,1-2,16-18H2,3-5H3/t23-,24+,25-,26+/m0/s1. The molecule has 156 valence electrons. The predicted octanol–water partition coefficient (Wildman–Crippen LogP) is 4.70. The van der Waals surface area contributed by atoms with Crippen molar-refractivity contribution in [1.29, 1.82) is 0 Å². The van der Waals surface area contributed by atoms with E-state index in [9.17, 15) is 5.11 Å². The minimum atomic E-state index is -1.17. The third-order valence-corrected chi connectivity index (χ3v) is 7.83. The lowest BCUT2D eigenvalue weighted by molar-refractivity contribution is -0.194. The molecule has 3 aliphatic rings. The molecule has 0 radical (unpaired) electrons. The van der Waals surface area contributed by atoms with Crippen molar-refractivity contribution in [3.63, 3.8) is 0 Å². The van der Waals surface area contributed by atoms with E-state index in [1.807, 2.05) is 37.3 Å². The monoisotopic (exact) mass is 402 g/mol. The summed E-state index contributed by atoms with van der Waals surface area (Å²) >= 11 is 0. The van der Waals surface area contributed by atoms with Crippen LogP contribution in [0.25, 0.3) is 0 Å². The maximum atomic E-state index is 12.0. The Hall–Kier alpha value is -2.56. The molecule has 2 aromatic rings. The molecule has 0 bridgehead atoms. The normalized spacial score (nSPS) is 36.0. The summed E-state index contributed by atoms with van der Waals surface area (Å²) in [4.78, 5) is 4.61. The highest BCUT2D eigenvalue weighted by Gasteiger charge is 2.75. The van der Waals surface area contributed by atoms with Gasteiger partial charge in [-0.2, -0.15) is 0 Å². The number of nitrogens with zero attached hydrogens (tertiary/aromatic N) is 2. The number of benzene rings is 2. The SMILES string of the molecule is C=CCN1c2ccccc2[C@@](C)(O)[C@]12C[C@]1(C)N(CC=C)c3ccccc3[C@]1(C)O2. The first-order valence-electron chi connectivity index (χ1n) is 10.7. The van der Waals surface area contributed by atoms with E-state index in [0.29, 0.717) is 13.0 Å². The first kappa shape index (κ1) is 19.4. The van der Waals surface area contributed by atoms with Crippen LogP contribution in [-0.4, -0.2) is 29.5 Å². The lowest BCUT2D eigenvalue weighted by Crippen LogP contribution is -2.58. The fraction of sp³-hybridized carbons (Fsp3) is 0.385. The Bertz CT molecular complexity index is 1050. The van der Waals surface area contributed by atoms with Crippen molar-refractivity contribution >= 4 is 11.4 Å². The number of hydrogen-bond donors (Lipinski definition) is 1. The van der Waals surface area contributed by atoms with Crippen LogP contribution in [0.1, 0.15) is 38.3 Å². The van der Waals surface area contributed by atoms with Gasteiger partial charge in [0.25, 0.3) is 0 Å². The molecule has 0 amide bonds. The van der Waals surface area contributed by atoms with E-state index in [1.54, 1.807) is 0 Å². The van der Waals surface area contributed by atoms with Gasteiger partial charge in [-0.25, -0.2) is 0 Å². The van der Waals surface area contributed by atoms with Crippen LogP contribution >= 0.6 is 0 Å². The molecule has 5 rings (SSSR count). The highest BCUT2D eigenvalue weighted by molar-refractivity contribution is 5.71. The van der Waals surface area contributed by atoms with E-state index in [-0.39, 0.29) is 5.54 Å². The Labute approximate surface area is 179 Å². The van der Waals surface area contributed by atoms with Gasteiger partial charge in [0.2, 0.25) is 0 Å². The summed E-state index contributed by atoms with van der Waals surface area (Å²) in [5.74, 6) is 0. The van der Waals surface area contributed by atoms with Gasteiger partial charge in [-0.1, -0.05) is 48.6 Å². The van der Waals surface area contributed by atoms with E-state index in [4.69, 9.17) is 4.74 Å². The second kappa shape index (κ2) is 5.99. The lowest BCUT2D eigenvalue weighted by atomic mass is 9.76. The fourth-order valence-electron chi connectivity index (χ4n) is 6.21. The van der Waals surface area contributed by atoms with Crippen molar-refractivity contribution in [2.24, 2.45) is 0 Å². The number of hydrogen-bond acceptors (Lipinski definition) is 4. The van der Waals surface area contributed by atoms with Crippen LogP contribution in [0.4, 0.5) is 11.4 Å². The van der Waals surface area contributed by atoms with Crippen LogP contribution in [-0.2, 0) is 15.9 Å². The molecular weight excluding hydrogens is 372 g/mol. The number of fused-ring (bicyclic) bond motifs is 4. The van der Waals surface area contributed by atoms with Gasteiger partial charge in [0.1, 0.15) is 11.2 Å². The van der Waals surface area contributed by atoms with Gasteiger partial charge in [-0.3, -0.25) is 0 Å². The molecule has 1 spiro atoms. The number of rotatable bonds is 4. The molecule has 2 aromatic carbocycles. The molecule has 30 heavy (non-hydrogen) atoms. The molecule has 4 atom stereocenters. The highest BCUT2D eigenvalue weighted by Crippen LogP contribution is 2.67. The maximum Gasteiger partial charge on any atom is 0.178 e. The Balaban J connectivity index is 1.74. The van der Waals surface area contributed by atoms with Gasteiger partial charge in [-0.15, -0.1) is 13.2 Å². The van der Waals surface area contributed by atoms with Crippen molar-refractivity contribution < 1.29 is 9.84 Å². The predicted molar refractivity (Wildman–Crippen MR) is 122 cm³/mol. The minimum absolute atomic E-state index is 0.351. The van der Waals surface area contributed by atoms with E-state index < -0.39 is 16.9 Å². The first-order chi connectivity index (χ1) is 14.3. The molecule has 3 heterocycles. The third-order valence-electron chi connectivity index (χ3n) is 7.83. The van der Waals surface area contributed by atoms with E-state index in [1.165, 1.54) is 5.69 Å². The zero-order valence-corrected chi connectivity index (χ0v) is 18.1. The Morgan fingerprint density at radius 3 is 2.07 bits per heavy atom. The van der Waals surface area contributed by atoms with E-state index >= 15 is 0 Å². The van der Waals surface area contributed by atoms with Crippen molar-refractivity contribution in [3.8, 4) is 0 Å². The van der Waals surface area contributed by atoms with Crippen LogP contribution in [0.3, 0.4) is 0 Å². The van der Waals surface area contributed by atoms with E-state index in [2.05, 4.69) is 67.1 Å². The van der Waals surface area contributed by atoms with Crippen LogP contribution in [0, 0.1) is 0 Å². The molecule has 1 N–H and O–H groups in total. The summed E-state index contributed by atoms with van der Waals surface area (Å²) < 4.78 is 7.14. The number of para-hydroxylation sites is 2. The summed E-state index contributed by atoms with van der Waals surface area (Å²) in [5.41, 5.74) is 1.26. The van der Waals surface area contributed by atoms with Gasteiger partial charge in [0.05, 0.1) is 5.54 Å².